The third-order valence-corrected chi connectivity index (χ3v) is 1.80. The summed E-state index contributed by atoms with van der Waals surface area (Å²) in [6.07, 6.45) is 1.98. The number of aryl methyl sites for hydroxylation is 1. The number of amides is 1. The number of hydrogen-bond donors (Lipinski definition) is 1. The number of rotatable bonds is 3. The second-order valence-electron chi connectivity index (χ2n) is 3.36. The summed E-state index contributed by atoms with van der Waals surface area (Å²) in [4.78, 5) is 10.9. The highest BCUT2D eigenvalue weighted by atomic mass is 16.1. The molecule has 1 rings (SSSR count). The van der Waals surface area contributed by atoms with E-state index >= 15 is 0 Å². The molecular weight excluding hydrogens is 178 g/mol. The molecule has 0 bridgehead atoms. The topological polar surface area (TPSA) is 60.9 Å². The first-order valence-corrected chi connectivity index (χ1v) is 4.57. The maximum Gasteiger partial charge on any atom is 0.269 e. The minimum Gasteiger partial charge on any atom is -0.364 e. The zero-order chi connectivity index (χ0) is 10.7. The van der Waals surface area contributed by atoms with Crippen LogP contribution in [0.15, 0.2) is 11.6 Å². The molecule has 0 aliphatic rings. The largest absolute Gasteiger partial charge is 0.364 e. The first kappa shape index (κ1) is 10.5. The van der Waals surface area contributed by atoms with E-state index in [2.05, 4.69) is 5.10 Å². The van der Waals surface area contributed by atoms with E-state index in [9.17, 15) is 4.79 Å². The lowest BCUT2D eigenvalue weighted by molar-refractivity contribution is 0.0995. The molecule has 0 fully saturated rings. The molecule has 2 N–H and O–H groups in total. The average Bonchev–Trinajstić information content (AvgIpc) is 2.46. The number of primary amides is 1. The van der Waals surface area contributed by atoms with Crippen LogP contribution in [0.4, 0.5) is 0 Å². The van der Waals surface area contributed by atoms with Crippen LogP contribution in [0.1, 0.15) is 37.0 Å². The minimum atomic E-state index is -0.486. The predicted octanol–water partition coefficient (Wildman–Crippen LogP) is 1.43. The molecule has 0 saturated carbocycles. The van der Waals surface area contributed by atoms with Crippen LogP contribution in [0.25, 0.3) is 6.08 Å². The molecule has 1 aromatic rings. The molecule has 0 aliphatic carbocycles. The standard InChI is InChI=1S/C10H15N3O/c1-4-13-8(5-7(2)3)6-9(12-13)10(11)14/h5-6H,4H2,1-3H3,(H2,11,14). The fourth-order valence-corrected chi connectivity index (χ4v) is 1.22. The fourth-order valence-electron chi connectivity index (χ4n) is 1.22. The van der Waals surface area contributed by atoms with Gasteiger partial charge in [-0.05, 0) is 32.9 Å². The molecule has 0 saturated heterocycles. The molecule has 4 nitrogen and oxygen atoms in total. The third kappa shape index (κ3) is 2.22. The van der Waals surface area contributed by atoms with E-state index < -0.39 is 5.91 Å². The Morgan fingerprint density at radius 1 is 1.64 bits per heavy atom. The molecule has 0 radical (unpaired) electrons. The molecule has 0 unspecified atom stereocenters. The van der Waals surface area contributed by atoms with Crippen molar-refractivity contribution in [1.82, 2.24) is 9.78 Å². The molecule has 0 aliphatic heterocycles. The molecule has 4 heteroatoms. The number of hydrogen-bond acceptors (Lipinski definition) is 2. The molecule has 0 aromatic carbocycles. The first-order chi connectivity index (χ1) is 6.54. The second kappa shape index (κ2) is 4.09. The van der Waals surface area contributed by atoms with Crippen molar-refractivity contribution in [3.05, 3.63) is 23.0 Å². The molecular formula is C10H15N3O. The smallest absolute Gasteiger partial charge is 0.269 e. The molecule has 0 atom stereocenters. The zero-order valence-corrected chi connectivity index (χ0v) is 8.74. The van der Waals surface area contributed by atoms with Crippen molar-refractivity contribution in [3.8, 4) is 0 Å². The van der Waals surface area contributed by atoms with Crippen LogP contribution >= 0.6 is 0 Å². The van der Waals surface area contributed by atoms with Gasteiger partial charge in [0, 0.05) is 6.54 Å². The van der Waals surface area contributed by atoms with Crippen molar-refractivity contribution >= 4 is 12.0 Å². The van der Waals surface area contributed by atoms with E-state index in [0.29, 0.717) is 5.69 Å². The third-order valence-electron chi connectivity index (χ3n) is 1.80. The van der Waals surface area contributed by atoms with Crippen molar-refractivity contribution < 1.29 is 4.79 Å². The monoisotopic (exact) mass is 193 g/mol. The highest BCUT2D eigenvalue weighted by molar-refractivity contribution is 5.91. The van der Waals surface area contributed by atoms with Crippen LogP contribution in [0, 0.1) is 0 Å². The Morgan fingerprint density at radius 2 is 2.29 bits per heavy atom. The van der Waals surface area contributed by atoms with Gasteiger partial charge in [-0.25, -0.2) is 0 Å². The molecule has 14 heavy (non-hydrogen) atoms. The van der Waals surface area contributed by atoms with Gasteiger partial charge >= 0.3 is 0 Å². The Morgan fingerprint density at radius 3 is 2.71 bits per heavy atom. The molecule has 1 amide bonds. The van der Waals surface area contributed by atoms with Gasteiger partial charge in [0.2, 0.25) is 0 Å². The SMILES string of the molecule is CCn1nc(C(N)=O)cc1C=C(C)C. The van der Waals surface area contributed by atoms with Crippen LogP contribution in [-0.4, -0.2) is 15.7 Å². The second-order valence-corrected chi connectivity index (χ2v) is 3.36. The van der Waals surface area contributed by atoms with Gasteiger partial charge in [0.1, 0.15) is 0 Å². The lowest BCUT2D eigenvalue weighted by Crippen LogP contribution is -2.12. The summed E-state index contributed by atoms with van der Waals surface area (Å²) >= 11 is 0. The maximum absolute atomic E-state index is 10.9. The summed E-state index contributed by atoms with van der Waals surface area (Å²) in [5.74, 6) is -0.486. The van der Waals surface area contributed by atoms with Crippen molar-refractivity contribution in [2.45, 2.75) is 27.3 Å². The van der Waals surface area contributed by atoms with Gasteiger partial charge in [0.25, 0.3) is 5.91 Å². The molecule has 76 valence electrons. The normalized spacial score (nSPS) is 9.93. The number of carbonyl (C=O) groups is 1. The van der Waals surface area contributed by atoms with Gasteiger partial charge in [-0.2, -0.15) is 5.10 Å². The Hall–Kier alpha value is -1.58. The predicted molar refractivity (Wildman–Crippen MR) is 55.7 cm³/mol. The van der Waals surface area contributed by atoms with E-state index in [1.54, 1.807) is 10.7 Å². The summed E-state index contributed by atoms with van der Waals surface area (Å²) in [5, 5.41) is 4.08. The van der Waals surface area contributed by atoms with E-state index in [0.717, 1.165) is 17.8 Å². The fraction of sp³-hybridized carbons (Fsp3) is 0.400. The van der Waals surface area contributed by atoms with Gasteiger partial charge in [-0.15, -0.1) is 0 Å². The van der Waals surface area contributed by atoms with Gasteiger partial charge < -0.3 is 5.73 Å². The van der Waals surface area contributed by atoms with E-state index in [1.807, 2.05) is 26.8 Å². The lowest BCUT2D eigenvalue weighted by Gasteiger charge is -1.98. The number of nitrogens with two attached hydrogens (primary N) is 1. The van der Waals surface area contributed by atoms with Crippen LogP contribution in [0.5, 0.6) is 0 Å². The highest BCUT2D eigenvalue weighted by Gasteiger charge is 2.08. The summed E-state index contributed by atoms with van der Waals surface area (Å²) in [5.41, 5.74) is 7.55. The van der Waals surface area contributed by atoms with Crippen molar-refractivity contribution in [2.75, 3.05) is 0 Å². The summed E-state index contributed by atoms with van der Waals surface area (Å²) in [6, 6.07) is 1.71. The average molecular weight is 193 g/mol. The maximum atomic E-state index is 10.9. The number of aromatic nitrogens is 2. The van der Waals surface area contributed by atoms with Crippen LogP contribution in [0.3, 0.4) is 0 Å². The van der Waals surface area contributed by atoms with Gasteiger partial charge in [0.15, 0.2) is 5.69 Å². The van der Waals surface area contributed by atoms with E-state index in [-0.39, 0.29) is 0 Å². The quantitative estimate of drug-likeness (QED) is 0.789. The summed E-state index contributed by atoms with van der Waals surface area (Å²) in [6.45, 7) is 6.69. The Balaban J connectivity index is 3.15. The van der Waals surface area contributed by atoms with Crippen LogP contribution in [0.2, 0.25) is 0 Å². The minimum absolute atomic E-state index is 0.319. The Labute approximate surface area is 83.4 Å². The number of carbonyl (C=O) groups excluding carboxylic acids is 1. The number of nitrogens with zero attached hydrogens (tertiary/aromatic N) is 2. The lowest BCUT2D eigenvalue weighted by atomic mass is 10.2. The van der Waals surface area contributed by atoms with Crippen LogP contribution in [-0.2, 0) is 6.54 Å². The van der Waals surface area contributed by atoms with Crippen molar-refractivity contribution in [2.24, 2.45) is 5.73 Å². The summed E-state index contributed by atoms with van der Waals surface area (Å²) < 4.78 is 1.76. The van der Waals surface area contributed by atoms with Crippen molar-refractivity contribution in [1.29, 1.82) is 0 Å². The van der Waals surface area contributed by atoms with Gasteiger partial charge in [-0.1, -0.05) is 5.57 Å². The zero-order valence-electron chi connectivity index (χ0n) is 8.74. The first-order valence-electron chi connectivity index (χ1n) is 4.57. The summed E-state index contributed by atoms with van der Waals surface area (Å²) in [7, 11) is 0. The molecule has 1 heterocycles. The van der Waals surface area contributed by atoms with E-state index in [1.165, 1.54) is 0 Å². The van der Waals surface area contributed by atoms with Crippen LogP contribution < -0.4 is 5.73 Å². The Kier molecular flexibility index (Phi) is 3.06. The van der Waals surface area contributed by atoms with Gasteiger partial charge in [-0.3, -0.25) is 9.48 Å². The highest BCUT2D eigenvalue weighted by Crippen LogP contribution is 2.09. The van der Waals surface area contributed by atoms with Gasteiger partial charge in [0.05, 0.1) is 5.69 Å². The number of allylic oxidation sites excluding steroid dienone is 1. The van der Waals surface area contributed by atoms with Crippen molar-refractivity contribution in [3.63, 3.8) is 0 Å². The Bertz CT molecular complexity index is 373. The molecule has 0 spiro atoms. The molecule has 1 aromatic heterocycles. The van der Waals surface area contributed by atoms with E-state index in [4.69, 9.17) is 5.73 Å².